The van der Waals surface area contributed by atoms with Crippen LogP contribution < -0.4 is 0 Å². The van der Waals surface area contributed by atoms with Crippen molar-refractivity contribution in [2.24, 2.45) is 5.92 Å². The lowest BCUT2D eigenvalue weighted by molar-refractivity contribution is -0.156. The molecule has 6 nitrogen and oxygen atoms in total. The van der Waals surface area contributed by atoms with Crippen molar-refractivity contribution in [2.75, 3.05) is 19.8 Å². The number of hydrogen-bond donors (Lipinski definition) is 0. The Bertz CT molecular complexity index is 415. The van der Waals surface area contributed by atoms with E-state index in [0.29, 0.717) is 13.0 Å². The van der Waals surface area contributed by atoms with E-state index in [4.69, 9.17) is 9.47 Å². The van der Waals surface area contributed by atoms with Crippen LogP contribution in [0, 0.1) is 5.92 Å². The van der Waals surface area contributed by atoms with Gasteiger partial charge in [0.25, 0.3) is 0 Å². The van der Waals surface area contributed by atoms with Gasteiger partial charge in [0.15, 0.2) is 0 Å². The van der Waals surface area contributed by atoms with E-state index >= 15 is 0 Å². The van der Waals surface area contributed by atoms with Crippen molar-refractivity contribution in [2.45, 2.75) is 13.3 Å². The maximum absolute atomic E-state index is 11.7. The predicted octanol–water partition coefficient (Wildman–Crippen LogP) is 0.641. The summed E-state index contributed by atoms with van der Waals surface area (Å²) >= 11 is 0. The Morgan fingerprint density at radius 2 is 2.05 bits per heavy atom. The number of ether oxygens (including phenoxy) is 2. The van der Waals surface area contributed by atoms with E-state index in [2.05, 4.69) is 13.2 Å². The molecular weight excluding hydrogens is 250 g/mol. The summed E-state index contributed by atoms with van der Waals surface area (Å²) in [5.74, 6) is -2.22. The molecule has 1 heterocycles. The van der Waals surface area contributed by atoms with Crippen molar-refractivity contribution < 1.29 is 23.9 Å². The molecule has 6 heteroatoms. The van der Waals surface area contributed by atoms with Crippen LogP contribution in [0.1, 0.15) is 13.3 Å². The van der Waals surface area contributed by atoms with Gasteiger partial charge in [-0.2, -0.15) is 0 Å². The average Bonchev–Trinajstić information content (AvgIpc) is 2.75. The van der Waals surface area contributed by atoms with Crippen molar-refractivity contribution in [3.63, 3.8) is 0 Å². The van der Waals surface area contributed by atoms with E-state index < -0.39 is 17.9 Å². The number of carbonyl (C=O) groups excluding carboxylic acids is 3. The Labute approximate surface area is 111 Å². The molecule has 0 radical (unpaired) electrons. The Balaban J connectivity index is 2.29. The van der Waals surface area contributed by atoms with Crippen LogP contribution in [-0.2, 0) is 23.9 Å². The molecule has 0 aliphatic carbocycles. The van der Waals surface area contributed by atoms with Gasteiger partial charge in [-0.15, -0.1) is 0 Å². The van der Waals surface area contributed by atoms with Crippen LogP contribution in [0.25, 0.3) is 0 Å². The summed E-state index contributed by atoms with van der Waals surface area (Å²) in [4.78, 5) is 35.7. The van der Waals surface area contributed by atoms with Crippen LogP contribution in [0.5, 0.6) is 0 Å². The lowest BCUT2D eigenvalue weighted by atomic mass is 10.1. The third kappa shape index (κ3) is 3.94. The van der Waals surface area contributed by atoms with Gasteiger partial charge in [0.05, 0.1) is 0 Å². The molecule has 1 atom stereocenters. The van der Waals surface area contributed by atoms with E-state index in [9.17, 15) is 14.4 Å². The summed E-state index contributed by atoms with van der Waals surface area (Å²) in [6.07, 6.45) is 1.81. The van der Waals surface area contributed by atoms with E-state index in [0.717, 1.165) is 0 Å². The third-order valence-electron chi connectivity index (χ3n) is 2.65. The second-order valence-electron chi connectivity index (χ2n) is 4.14. The first-order valence-corrected chi connectivity index (χ1v) is 5.89. The minimum Gasteiger partial charge on any atom is -0.461 e. The van der Waals surface area contributed by atoms with E-state index in [1.54, 1.807) is 0 Å². The molecule has 1 fully saturated rings. The predicted molar refractivity (Wildman–Crippen MR) is 66.7 cm³/mol. The number of esters is 2. The number of rotatable bonds is 6. The Morgan fingerprint density at radius 1 is 1.42 bits per heavy atom. The molecule has 19 heavy (non-hydrogen) atoms. The van der Waals surface area contributed by atoms with Crippen LogP contribution in [0.15, 0.2) is 24.9 Å². The van der Waals surface area contributed by atoms with E-state index in [1.165, 1.54) is 18.0 Å². The zero-order chi connectivity index (χ0) is 14.4. The summed E-state index contributed by atoms with van der Waals surface area (Å²) < 4.78 is 9.65. The number of carbonyl (C=O) groups is 3. The highest BCUT2D eigenvalue weighted by Gasteiger charge is 2.36. The first-order chi connectivity index (χ1) is 8.97. The minimum atomic E-state index is -0.783. The fraction of sp³-hybridized carbons (Fsp3) is 0.462. The second kappa shape index (κ2) is 6.72. The standard InChI is InChI=1S/C13H17NO5/c1-4-14-6-5-10(11(14)15)13(17)19-8-7-18-12(16)9(2)3/h4,10H,1-2,5-8H2,3H3. The molecule has 1 saturated heterocycles. The van der Waals surface area contributed by atoms with Gasteiger partial charge < -0.3 is 14.4 Å². The highest BCUT2D eigenvalue weighted by atomic mass is 16.6. The molecule has 0 bridgehead atoms. The molecule has 0 aromatic carbocycles. The Kier molecular flexibility index (Phi) is 5.29. The topological polar surface area (TPSA) is 72.9 Å². The molecule has 1 aliphatic rings. The minimum absolute atomic E-state index is 0.0521. The second-order valence-corrected chi connectivity index (χ2v) is 4.14. The Morgan fingerprint density at radius 3 is 2.58 bits per heavy atom. The zero-order valence-corrected chi connectivity index (χ0v) is 10.9. The normalized spacial score (nSPS) is 18.1. The van der Waals surface area contributed by atoms with Gasteiger partial charge in [0, 0.05) is 12.1 Å². The number of nitrogens with zero attached hydrogens (tertiary/aromatic N) is 1. The summed E-state index contributed by atoms with van der Waals surface area (Å²) in [6.45, 7) is 8.77. The molecule has 0 N–H and O–H groups in total. The molecule has 0 aromatic rings. The lowest BCUT2D eigenvalue weighted by Gasteiger charge is -2.11. The molecule has 1 rings (SSSR count). The van der Waals surface area contributed by atoms with Gasteiger partial charge in [0.2, 0.25) is 5.91 Å². The Hall–Kier alpha value is -2.11. The average molecular weight is 267 g/mol. The summed E-state index contributed by atoms with van der Waals surface area (Å²) in [6, 6.07) is 0. The quantitative estimate of drug-likeness (QED) is 0.305. The maximum Gasteiger partial charge on any atom is 0.333 e. The molecular formula is C13H17NO5. The molecule has 0 aromatic heterocycles. The number of amides is 1. The van der Waals surface area contributed by atoms with Crippen LogP contribution >= 0.6 is 0 Å². The molecule has 1 amide bonds. The first kappa shape index (κ1) is 14.9. The number of hydrogen-bond acceptors (Lipinski definition) is 5. The highest BCUT2D eigenvalue weighted by molar-refractivity contribution is 5.99. The monoisotopic (exact) mass is 267 g/mol. The third-order valence-corrected chi connectivity index (χ3v) is 2.65. The fourth-order valence-electron chi connectivity index (χ4n) is 1.60. The van der Waals surface area contributed by atoms with Crippen molar-refractivity contribution in [3.05, 3.63) is 24.9 Å². The van der Waals surface area contributed by atoms with E-state index in [1.807, 2.05) is 0 Å². The van der Waals surface area contributed by atoms with Crippen LogP contribution in [0.4, 0.5) is 0 Å². The molecule has 1 unspecified atom stereocenters. The van der Waals surface area contributed by atoms with Gasteiger partial charge in [-0.05, 0) is 19.5 Å². The van der Waals surface area contributed by atoms with Crippen LogP contribution in [-0.4, -0.2) is 42.5 Å². The molecule has 104 valence electrons. The lowest BCUT2D eigenvalue weighted by Crippen LogP contribution is -2.28. The van der Waals surface area contributed by atoms with Crippen LogP contribution in [0.2, 0.25) is 0 Å². The number of likely N-dealkylation sites (tertiary alicyclic amines) is 1. The fourth-order valence-corrected chi connectivity index (χ4v) is 1.60. The molecule has 1 aliphatic heterocycles. The summed E-state index contributed by atoms with van der Waals surface area (Å²) in [7, 11) is 0. The highest BCUT2D eigenvalue weighted by Crippen LogP contribution is 2.19. The zero-order valence-electron chi connectivity index (χ0n) is 10.9. The maximum atomic E-state index is 11.7. The first-order valence-electron chi connectivity index (χ1n) is 5.89. The molecule has 0 spiro atoms. The van der Waals surface area contributed by atoms with Crippen molar-refractivity contribution in [1.82, 2.24) is 4.90 Å². The van der Waals surface area contributed by atoms with Gasteiger partial charge in [-0.25, -0.2) is 4.79 Å². The van der Waals surface area contributed by atoms with Gasteiger partial charge >= 0.3 is 11.9 Å². The van der Waals surface area contributed by atoms with Gasteiger partial charge in [0.1, 0.15) is 19.1 Å². The van der Waals surface area contributed by atoms with Gasteiger partial charge in [-0.1, -0.05) is 13.2 Å². The van der Waals surface area contributed by atoms with Crippen LogP contribution in [0.3, 0.4) is 0 Å². The summed E-state index contributed by atoms with van der Waals surface area (Å²) in [5.41, 5.74) is 0.277. The SMILES string of the molecule is C=CN1CCC(C(=O)OCCOC(=O)C(=C)C)C1=O. The molecule has 0 saturated carbocycles. The van der Waals surface area contributed by atoms with E-state index in [-0.39, 0.29) is 24.7 Å². The van der Waals surface area contributed by atoms with Gasteiger partial charge in [-0.3, -0.25) is 9.59 Å². The smallest absolute Gasteiger partial charge is 0.333 e. The largest absolute Gasteiger partial charge is 0.461 e. The van der Waals surface area contributed by atoms with Crippen molar-refractivity contribution in [1.29, 1.82) is 0 Å². The van der Waals surface area contributed by atoms with Crippen molar-refractivity contribution >= 4 is 17.8 Å². The van der Waals surface area contributed by atoms with Crippen molar-refractivity contribution in [3.8, 4) is 0 Å². The summed E-state index contributed by atoms with van der Waals surface area (Å²) in [5, 5.41) is 0.